The van der Waals surface area contributed by atoms with E-state index in [2.05, 4.69) is 4.98 Å². The third-order valence-corrected chi connectivity index (χ3v) is 2.99. The SMILES string of the molecule is CCOC(=O)CCc1sc(C)nc1C. The van der Waals surface area contributed by atoms with Crippen LogP contribution in [-0.2, 0) is 16.0 Å². The fourth-order valence-corrected chi connectivity index (χ4v) is 2.19. The normalized spacial score (nSPS) is 10.2. The summed E-state index contributed by atoms with van der Waals surface area (Å²) in [6.45, 7) is 6.23. The van der Waals surface area contributed by atoms with Crippen molar-refractivity contribution < 1.29 is 9.53 Å². The Morgan fingerprint density at radius 2 is 2.21 bits per heavy atom. The first kappa shape index (κ1) is 11.2. The number of rotatable bonds is 4. The Balaban J connectivity index is 2.45. The van der Waals surface area contributed by atoms with E-state index in [0.29, 0.717) is 13.0 Å². The molecule has 0 bridgehead atoms. The molecule has 1 aromatic rings. The Hall–Kier alpha value is -0.900. The maximum atomic E-state index is 11.1. The summed E-state index contributed by atoms with van der Waals surface area (Å²) in [7, 11) is 0. The average Bonchev–Trinajstić information content (AvgIpc) is 2.42. The Kier molecular flexibility index (Phi) is 4.07. The van der Waals surface area contributed by atoms with Crippen LogP contribution in [0.4, 0.5) is 0 Å². The smallest absolute Gasteiger partial charge is 0.306 e. The summed E-state index contributed by atoms with van der Waals surface area (Å²) in [6, 6.07) is 0. The monoisotopic (exact) mass is 213 g/mol. The maximum Gasteiger partial charge on any atom is 0.306 e. The fourth-order valence-electron chi connectivity index (χ4n) is 1.25. The summed E-state index contributed by atoms with van der Waals surface area (Å²) in [5, 5.41) is 1.06. The van der Waals surface area contributed by atoms with Crippen LogP contribution in [-0.4, -0.2) is 17.6 Å². The number of aryl methyl sites for hydroxylation is 3. The predicted molar refractivity (Wildman–Crippen MR) is 56.5 cm³/mol. The molecule has 0 saturated heterocycles. The van der Waals surface area contributed by atoms with Crippen molar-refractivity contribution in [2.24, 2.45) is 0 Å². The molecule has 78 valence electrons. The molecule has 14 heavy (non-hydrogen) atoms. The number of hydrogen-bond donors (Lipinski definition) is 0. The van der Waals surface area contributed by atoms with Gasteiger partial charge < -0.3 is 4.74 Å². The van der Waals surface area contributed by atoms with Crippen molar-refractivity contribution in [3.05, 3.63) is 15.6 Å². The van der Waals surface area contributed by atoms with Gasteiger partial charge in [-0.25, -0.2) is 4.98 Å². The molecule has 0 amide bonds. The molecule has 1 heterocycles. The van der Waals surface area contributed by atoms with Crippen molar-refractivity contribution in [2.75, 3.05) is 6.61 Å². The van der Waals surface area contributed by atoms with Gasteiger partial charge in [0.05, 0.1) is 23.7 Å². The average molecular weight is 213 g/mol. The zero-order chi connectivity index (χ0) is 10.6. The number of esters is 1. The zero-order valence-electron chi connectivity index (χ0n) is 8.79. The van der Waals surface area contributed by atoms with E-state index >= 15 is 0 Å². The molecule has 0 atom stereocenters. The molecule has 1 aromatic heterocycles. The van der Waals surface area contributed by atoms with Gasteiger partial charge in [-0.05, 0) is 27.2 Å². The minimum atomic E-state index is -0.127. The molecule has 0 aliphatic rings. The highest BCUT2D eigenvalue weighted by atomic mass is 32.1. The molecule has 0 saturated carbocycles. The molecule has 0 aliphatic carbocycles. The number of ether oxygens (including phenoxy) is 1. The van der Waals surface area contributed by atoms with E-state index in [1.165, 1.54) is 4.88 Å². The second-order valence-corrected chi connectivity index (χ2v) is 4.33. The first-order valence-electron chi connectivity index (χ1n) is 4.72. The van der Waals surface area contributed by atoms with Crippen LogP contribution in [0.25, 0.3) is 0 Å². The van der Waals surface area contributed by atoms with E-state index in [1.807, 2.05) is 20.8 Å². The molecule has 0 aromatic carbocycles. The molecular formula is C10H15NO2S. The van der Waals surface area contributed by atoms with Crippen LogP contribution in [0.1, 0.15) is 28.9 Å². The molecule has 4 heteroatoms. The minimum Gasteiger partial charge on any atom is -0.466 e. The van der Waals surface area contributed by atoms with Crippen LogP contribution in [0.2, 0.25) is 0 Å². The highest BCUT2D eigenvalue weighted by molar-refractivity contribution is 7.11. The van der Waals surface area contributed by atoms with Gasteiger partial charge in [-0.2, -0.15) is 0 Å². The number of aromatic nitrogens is 1. The molecule has 0 aliphatic heterocycles. The van der Waals surface area contributed by atoms with Crippen LogP contribution < -0.4 is 0 Å². The lowest BCUT2D eigenvalue weighted by Gasteiger charge is -2.00. The number of carbonyl (C=O) groups is 1. The third-order valence-electron chi connectivity index (χ3n) is 1.86. The maximum absolute atomic E-state index is 11.1. The lowest BCUT2D eigenvalue weighted by atomic mass is 10.2. The lowest BCUT2D eigenvalue weighted by molar-refractivity contribution is -0.143. The van der Waals surface area contributed by atoms with Crippen LogP contribution in [0.15, 0.2) is 0 Å². The molecule has 0 N–H and O–H groups in total. The van der Waals surface area contributed by atoms with Crippen molar-refractivity contribution >= 4 is 17.3 Å². The first-order valence-corrected chi connectivity index (χ1v) is 5.53. The summed E-state index contributed by atoms with van der Waals surface area (Å²) in [5.41, 5.74) is 1.04. The summed E-state index contributed by atoms with van der Waals surface area (Å²) in [5.74, 6) is -0.127. The van der Waals surface area contributed by atoms with Crippen molar-refractivity contribution in [2.45, 2.75) is 33.6 Å². The van der Waals surface area contributed by atoms with Gasteiger partial charge >= 0.3 is 5.97 Å². The van der Waals surface area contributed by atoms with Crippen LogP contribution >= 0.6 is 11.3 Å². The van der Waals surface area contributed by atoms with Gasteiger partial charge in [-0.1, -0.05) is 0 Å². The Bertz CT molecular complexity index is 320. The van der Waals surface area contributed by atoms with Gasteiger partial charge in [0.15, 0.2) is 0 Å². The van der Waals surface area contributed by atoms with Gasteiger partial charge in [0.2, 0.25) is 0 Å². The molecule has 0 radical (unpaired) electrons. The molecule has 0 spiro atoms. The van der Waals surface area contributed by atoms with Crippen molar-refractivity contribution in [3.63, 3.8) is 0 Å². The van der Waals surface area contributed by atoms with E-state index in [0.717, 1.165) is 17.1 Å². The second kappa shape index (κ2) is 5.10. The molecule has 0 fully saturated rings. The van der Waals surface area contributed by atoms with Gasteiger partial charge in [-0.3, -0.25) is 4.79 Å². The molecule has 1 rings (SSSR count). The summed E-state index contributed by atoms with van der Waals surface area (Å²) >= 11 is 1.66. The van der Waals surface area contributed by atoms with Crippen molar-refractivity contribution in [1.82, 2.24) is 4.98 Å². The van der Waals surface area contributed by atoms with Gasteiger partial charge in [0.1, 0.15) is 0 Å². The number of nitrogens with zero attached hydrogens (tertiary/aromatic N) is 1. The van der Waals surface area contributed by atoms with E-state index < -0.39 is 0 Å². The van der Waals surface area contributed by atoms with E-state index in [9.17, 15) is 4.79 Å². The molecule has 0 unspecified atom stereocenters. The first-order chi connectivity index (χ1) is 6.63. The standard InChI is InChI=1S/C10H15NO2S/c1-4-13-10(12)6-5-9-7(2)11-8(3)14-9/h4-6H2,1-3H3. The number of thiazole rings is 1. The van der Waals surface area contributed by atoms with Crippen molar-refractivity contribution in [1.29, 1.82) is 0 Å². The zero-order valence-corrected chi connectivity index (χ0v) is 9.61. The van der Waals surface area contributed by atoms with E-state index in [4.69, 9.17) is 4.74 Å². The summed E-state index contributed by atoms with van der Waals surface area (Å²) in [6.07, 6.45) is 1.20. The van der Waals surface area contributed by atoms with Crippen LogP contribution in [0.5, 0.6) is 0 Å². The van der Waals surface area contributed by atoms with Gasteiger partial charge in [0.25, 0.3) is 0 Å². The highest BCUT2D eigenvalue weighted by Crippen LogP contribution is 2.18. The van der Waals surface area contributed by atoms with Gasteiger partial charge in [0, 0.05) is 4.88 Å². The number of carbonyl (C=O) groups excluding carboxylic acids is 1. The third kappa shape index (κ3) is 3.10. The summed E-state index contributed by atoms with van der Waals surface area (Å²) < 4.78 is 4.86. The Morgan fingerprint density at radius 3 is 2.71 bits per heavy atom. The quantitative estimate of drug-likeness (QED) is 0.720. The highest BCUT2D eigenvalue weighted by Gasteiger charge is 2.08. The molecule has 3 nitrogen and oxygen atoms in total. The Morgan fingerprint density at radius 1 is 1.50 bits per heavy atom. The molecular weight excluding hydrogens is 198 g/mol. The van der Waals surface area contributed by atoms with Gasteiger partial charge in [-0.15, -0.1) is 11.3 Å². The Labute approximate surface area is 88.1 Å². The van der Waals surface area contributed by atoms with Crippen molar-refractivity contribution in [3.8, 4) is 0 Å². The topological polar surface area (TPSA) is 39.2 Å². The van der Waals surface area contributed by atoms with Crippen LogP contribution in [0.3, 0.4) is 0 Å². The number of hydrogen-bond acceptors (Lipinski definition) is 4. The fraction of sp³-hybridized carbons (Fsp3) is 0.600. The van der Waals surface area contributed by atoms with E-state index in [1.54, 1.807) is 11.3 Å². The predicted octanol–water partition coefficient (Wildman–Crippen LogP) is 2.26. The van der Waals surface area contributed by atoms with Crippen LogP contribution in [0, 0.1) is 13.8 Å². The second-order valence-electron chi connectivity index (χ2n) is 3.05. The lowest BCUT2D eigenvalue weighted by Crippen LogP contribution is -2.04. The summed E-state index contributed by atoms with van der Waals surface area (Å²) in [4.78, 5) is 16.6. The van der Waals surface area contributed by atoms with E-state index in [-0.39, 0.29) is 5.97 Å². The minimum absolute atomic E-state index is 0.127. The largest absolute Gasteiger partial charge is 0.466 e.